The fourth-order valence-corrected chi connectivity index (χ4v) is 3.45. The van der Waals surface area contributed by atoms with Crippen LogP contribution in [0.3, 0.4) is 0 Å². The van der Waals surface area contributed by atoms with E-state index in [4.69, 9.17) is 0 Å². The van der Waals surface area contributed by atoms with Crippen LogP contribution in [-0.4, -0.2) is 42.4 Å². The fraction of sp³-hybridized carbons (Fsp3) is 0.583. The Kier molecular flexibility index (Phi) is 4.88. The molecule has 1 fully saturated rings. The molecule has 17 heavy (non-hydrogen) atoms. The van der Waals surface area contributed by atoms with Crippen LogP contribution in [0.1, 0.15) is 4.88 Å². The van der Waals surface area contributed by atoms with E-state index in [2.05, 4.69) is 11.4 Å². The normalized spacial score (nSPS) is 15.6. The van der Waals surface area contributed by atoms with Crippen molar-refractivity contribution in [2.45, 2.75) is 6.54 Å². The number of thiophene rings is 1. The van der Waals surface area contributed by atoms with Crippen molar-refractivity contribution in [3.8, 4) is 0 Å². The van der Waals surface area contributed by atoms with E-state index < -0.39 is 0 Å². The first-order valence-electron chi connectivity index (χ1n) is 5.80. The van der Waals surface area contributed by atoms with Crippen LogP contribution in [0, 0.1) is 5.92 Å². The molecular formula is C12H18N2OS2. The number of hydrogen-bond donors (Lipinski definition) is 1. The number of carbonyl (C=O) groups is 1. The minimum absolute atomic E-state index is 0.232. The molecule has 1 aromatic rings. The largest absolute Gasteiger partial charge is 0.340 e. The van der Waals surface area contributed by atoms with Crippen LogP contribution in [0.2, 0.25) is 0 Å². The summed E-state index contributed by atoms with van der Waals surface area (Å²) in [5.41, 5.74) is 0. The average molecular weight is 270 g/mol. The molecule has 0 atom stereocenters. The molecular weight excluding hydrogens is 252 g/mol. The predicted molar refractivity (Wildman–Crippen MR) is 74.5 cm³/mol. The summed E-state index contributed by atoms with van der Waals surface area (Å²) in [6.45, 7) is 2.97. The first kappa shape index (κ1) is 12.9. The molecule has 94 valence electrons. The lowest BCUT2D eigenvalue weighted by Gasteiger charge is -2.26. The molecule has 1 saturated heterocycles. The van der Waals surface area contributed by atoms with E-state index in [1.807, 2.05) is 23.4 Å². The SMILES string of the molecule is CN(Cc1cccs1)C(=O)CSCC1CNC1. The molecule has 0 unspecified atom stereocenters. The summed E-state index contributed by atoms with van der Waals surface area (Å²) in [6, 6.07) is 4.10. The van der Waals surface area contributed by atoms with E-state index in [9.17, 15) is 4.79 Å². The van der Waals surface area contributed by atoms with E-state index in [0.717, 1.165) is 31.3 Å². The van der Waals surface area contributed by atoms with E-state index in [1.54, 1.807) is 23.1 Å². The first-order chi connectivity index (χ1) is 8.25. The third-order valence-electron chi connectivity index (χ3n) is 2.84. The highest BCUT2D eigenvalue weighted by molar-refractivity contribution is 7.99. The van der Waals surface area contributed by atoms with Crippen molar-refractivity contribution in [1.29, 1.82) is 0 Å². The molecule has 1 aliphatic heterocycles. The minimum Gasteiger partial charge on any atom is -0.340 e. The van der Waals surface area contributed by atoms with Gasteiger partial charge in [0.05, 0.1) is 12.3 Å². The highest BCUT2D eigenvalue weighted by Crippen LogP contribution is 2.14. The minimum atomic E-state index is 0.232. The summed E-state index contributed by atoms with van der Waals surface area (Å²) >= 11 is 3.46. The molecule has 2 rings (SSSR count). The van der Waals surface area contributed by atoms with Crippen molar-refractivity contribution >= 4 is 29.0 Å². The summed E-state index contributed by atoms with van der Waals surface area (Å²) < 4.78 is 0. The summed E-state index contributed by atoms with van der Waals surface area (Å²) in [7, 11) is 1.88. The number of rotatable bonds is 6. The molecule has 0 aliphatic carbocycles. The van der Waals surface area contributed by atoms with Crippen molar-refractivity contribution in [3.63, 3.8) is 0 Å². The van der Waals surface area contributed by atoms with Crippen LogP contribution in [0.4, 0.5) is 0 Å². The van der Waals surface area contributed by atoms with Gasteiger partial charge in [-0.1, -0.05) is 6.07 Å². The van der Waals surface area contributed by atoms with Gasteiger partial charge in [-0.25, -0.2) is 0 Å². The van der Waals surface area contributed by atoms with Gasteiger partial charge < -0.3 is 10.2 Å². The molecule has 1 amide bonds. The molecule has 2 heterocycles. The molecule has 0 radical (unpaired) electrons. The molecule has 0 bridgehead atoms. The quantitative estimate of drug-likeness (QED) is 0.853. The molecule has 3 nitrogen and oxygen atoms in total. The summed E-state index contributed by atoms with van der Waals surface area (Å²) in [6.07, 6.45) is 0. The zero-order valence-electron chi connectivity index (χ0n) is 10.0. The van der Waals surface area contributed by atoms with Crippen molar-refractivity contribution in [2.75, 3.05) is 31.6 Å². The first-order valence-corrected chi connectivity index (χ1v) is 7.84. The third kappa shape index (κ3) is 4.01. The van der Waals surface area contributed by atoms with Gasteiger partial charge in [0.1, 0.15) is 0 Å². The molecule has 0 aromatic carbocycles. The number of nitrogens with zero attached hydrogens (tertiary/aromatic N) is 1. The zero-order chi connectivity index (χ0) is 12.1. The van der Waals surface area contributed by atoms with E-state index in [1.165, 1.54) is 4.88 Å². The Morgan fingerprint density at radius 3 is 3.06 bits per heavy atom. The Morgan fingerprint density at radius 1 is 1.65 bits per heavy atom. The lowest BCUT2D eigenvalue weighted by molar-refractivity contribution is -0.127. The maximum absolute atomic E-state index is 11.9. The van der Waals surface area contributed by atoms with Gasteiger partial charge >= 0.3 is 0 Å². The Bertz CT molecular complexity index is 349. The van der Waals surface area contributed by atoms with Gasteiger partial charge in [-0.15, -0.1) is 11.3 Å². The van der Waals surface area contributed by atoms with E-state index >= 15 is 0 Å². The smallest absolute Gasteiger partial charge is 0.232 e. The molecule has 0 spiro atoms. The van der Waals surface area contributed by atoms with Crippen LogP contribution in [0.25, 0.3) is 0 Å². The molecule has 5 heteroatoms. The Morgan fingerprint density at radius 2 is 2.47 bits per heavy atom. The summed E-state index contributed by atoms with van der Waals surface area (Å²) in [5.74, 6) is 2.72. The highest BCUT2D eigenvalue weighted by atomic mass is 32.2. The second-order valence-corrected chi connectivity index (χ2v) is 6.43. The highest BCUT2D eigenvalue weighted by Gasteiger charge is 2.17. The predicted octanol–water partition coefficient (Wildman–Crippen LogP) is 1.66. The van der Waals surface area contributed by atoms with Crippen molar-refractivity contribution in [3.05, 3.63) is 22.4 Å². The molecule has 1 aliphatic rings. The maximum Gasteiger partial charge on any atom is 0.232 e. The van der Waals surface area contributed by atoms with E-state index in [0.29, 0.717) is 5.75 Å². The van der Waals surface area contributed by atoms with Crippen LogP contribution in [-0.2, 0) is 11.3 Å². The van der Waals surface area contributed by atoms with Gasteiger partial charge in [0.2, 0.25) is 5.91 Å². The summed E-state index contributed by atoms with van der Waals surface area (Å²) in [4.78, 5) is 14.9. The van der Waals surface area contributed by atoms with Crippen molar-refractivity contribution in [2.24, 2.45) is 5.92 Å². The number of nitrogens with one attached hydrogen (secondary N) is 1. The molecule has 1 aromatic heterocycles. The van der Waals surface area contributed by atoms with Crippen LogP contribution in [0.15, 0.2) is 17.5 Å². The van der Waals surface area contributed by atoms with Gasteiger partial charge in [-0.3, -0.25) is 4.79 Å². The monoisotopic (exact) mass is 270 g/mol. The third-order valence-corrected chi connectivity index (χ3v) is 4.86. The van der Waals surface area contributed by atoms with Crippen LogP contribution >= 0.6 is 23.1 Å². The topological polar surface area (TPSA) is 32.3 Å². The standard InChI is InChI=1S/C12H18N2OS2/c1-14(7-11-3-2-4-17-11)12(15)9-16-8-10-5-13-6-10/h2-4,10,13H,5-9H2,1H3. The summed E-state index contributed by atoms with van der Waals surface area (Å²) in [5, 5.41) is 5.29. The number of thioether (sulfide) groups is 1. The van der Waals surface area contributed by atoms with Gasteiger partial charge in [0.15, 0.2) is 0 Å². The Hall–Kier alpha value is -0.520. The van der Waals surface area contributed by atoms with Crippen LogP contribution < -0.4 is 5.32 Å². The Labute approximate surface area is 111 Å². The average Bonchev–Trinajstić information content (AvgIpc) is 2.74. The van der Waals surface area contributed by atoms with Crippen LogP contribution in [0.5, 0.6) is 0 Å². The number of amides is 1. The van der Waals surface area contributed by atoms with Crippen molar-refractivity contribution < 1.29 is 4.79 Å². The van der Waals surface area contributed by atoms with E-state index in [-0.39, 0.29) is 5.91 Å². The van der Waals surface area contributed by atoms with Gasteiger partial charge in [0, 0.05) is 11.9 Å². The molecule has 1 N–H and O–H groups in total. The lowest BCUT2D eigenvalue weighted by Crippen LogP contribution is -2.43. The number of carbonyl (C=O) groups excluding carboxylic acids is 1. The van der Waals surface area contributed by atoms with Crippen molar-refractivity contribution in [1.82, 2.24) is 10.2 Å². The lowest BCUT2D eigenvalue weighted by atomic mass is 10.1. The Balaban J connectivity index is 1.64. The maximum atomic E-state index is 11.9. The molecule has 0 saturated carbocycles. The van der Waals surface area contributed by atoms with Gasteiger partial charge in [-0.2, -0.15) is 11.8 Å². The second-order valence-electron chi connectivity index (χ2n) is 4.37. The van der Waals surface area contributed by atoms with Gasteiger partial charge in [0.25, 0.3) is 0 Å². The zero-order valence-corrected chi connectivity index (χ0v) is 11.6. The second kappa shape index (κ2) is 6.42. The number of hydrogen-bond acceptors (Lipinski definition) is 4. The fourth-order valence-electron chi connectivity index (χ4n) is 1.61. The van der Waals surface area contributed by atoms with Gasteiger partial charge in [-0.05, 0) is 36.2 Å².